The van der Waals surface area contributed by atoms with Gasteiger partial charge in [-0.2, -0.15) is 11.8 Å². The van der Waals surface area contributed by atoms with Crippen LogP contribution in [0.15, 0.2) is 12.2 Å². The fraction of sp³-hybridized carbons (Fsp3) is 0.778. The first kappa shape index (κ1) is 11.1. The molecule has 0 unspecified atom stereocenters. The van der Waals surface area contributed by atoms with Gasteiger partial charge >= 0.3 is 0 Å². The fourth-order valence-corrected chi connectivity index (χ4v) is 1.34. The molecule has 1 N–H and O–H groups in total. The summed E-state index contributed by atoms with van der Waals surface area (Å²) < 4.78 is 0. The SMILES string of the molecule is C/C=C/CCNCCSCC. The number of nitrogens with one attached hydrogen (secondary N) is 1. The third-order valence-corrected chi connectivity index (χ3v) is 2.25. The molecule has 1 nitrogen and oxygen atoms in total. The predicted molar refractivity (Wildman–Crippen MR) is 55.3 cm³/mol. The molecule has 66 valence electrons. The molecule has 0 spiro atoms. The van der Waals surface area contributed by atoms with E-state index in [2.05, 4.69) is 31.3 Å². The van der Waals surface area contributed by atoms with Crippen LogP contribution in [0, 0.1) is 0 Å². The average molecular weight is 173 g/mol. The first-order valence-corrected chi connectivity index (χ1v) is 5.47. The van der Waals surface area contributed by atoms with Gasteiger partial charge in [-0.25, -0.2) is 0 Å². The molecule has 0 fully saturated rings. The number of rotatable bonds is 7. The quantitative estimate of drug-likeness (QED) is 0.468. The van der Waals surface area contributed by atoms with E-state index in [4.69, 9.17) is 0 Å². The van der Waals surface area contributed by atoms with Gasteiger partial charge in [0.25, 0.3) is 0 Å². The van der Waals surface area contributed by atoms with Gasteiger partial charge in [0.2, 0.25) is 0 Å². The molecule has 2 heteroatoms. The average Bonchev–Trinajstić information content (AvgIpc) is 2.03. The van der Waals surface area contributed by atoms with E-state index < -0.39 is 0 Å². The van der Waals surface area contributed by atoms with Gasteiger partial charge in [-0.15, -0.1) is 0 Å². The van der Waals surface area contributed by atoms with Gasteiger partial charge in [0, 0.05) is 12.3 Å². The van der Waals surface area contributed by atoms with Gasteiger partial charge < -0.3 is 5.32 Å². The van der Waals surface area contributed by atoms with E-state index in [9.17, 15) is 0 Å². The molecule has 0 aliphatic heterocycles. The Morgan fingerprint density at radius 3 is 2.82 bits per heavy atom. The van der Waals surface area contributed by atoms with Crippen LogP contribution in [0.3, 0.4) is 0 Å². The zero-order valence-electron chi connectivity index (χ0n) is 7.60. The Bertz CT molecular complexity index is 91.6. The molecular formula is C9H19NS. The summed E-state index contributed by atoms with van der Waals surface area (Å²) in [7, 11) is 0. The van der Waals surface area contributed by atoms with Gasteiger partial charge in [0.1, 0.15) is 0 Å². The number of thioether (sulfide) groups is 1. The predicted octanol–water partition coefficient (Wildman–Crippen LogP) is 2.30. The lowest BCUT2D eigenvalue weighted by Gasteiger charge is -2.00. The molecule has 0 aliphatic carbocycles. The van der Waals surface area contributed by atoms with E-state index in [-0.39, 0.29) is 0 Å². The van der Waals surface area contributed by atoms with Crippen molar-refractivity contribution in [3.63, 3.8) is 0 Å². The maximum atomic E-state index is 3.38. The molecule has 0 heterocycles. The third kappa shape index (κ3) is 10.1. The Hall–Kier alpha value is 0.0500. The lowest BCUT2D eigenvalue weighted by atomic mass is 10.4. The van der Waals surface area contributed by atoms with Crippen molar-refractivity contribution >= 4 is 11.8 Å². The third-order valence-electron chi connectivity index (χ3n) is 1.35. The van der Waals surface area contributed by atoms with Crippen molar-refractivity contribution in [2.75, 3.05) is 24.6 Å². The van der Waals surface area contributed by atoms with Crippen LogP contribution in [0.1, 0.15) is 20.3 Å². The summed E-state index contributed by atoms with van der Waals surface area (Å²) in [5.74, 6) is 2.48. The van der Waals surface area contributed by atoms with Crippen LogP contribution in [0.2, 0.25) is 0 Å². The van der Waals surface area contributed by atoms with Crippen LogP contribution in [0.5, 0.6) is 0 Å². The van der Waals surface area contributed by atoms with Gasteiger partial charge in [0.15, 0.2) is 0 Å². The summed E-state index contributed by atoms with van der Waals surface area (Å²) >= 11 is 1.99. The van der Waals surface area contributed by atoms with Crippen molar-refractivity contribution in [3.8, 4) is 0 Å². The molecule has 0 rings (SSSR count). The molecular weight excluding hydrogens is 154 g/mol. The molecule has 0 saturated heterocycles. The maximum absolute atomic E-state index is 3.38. The molecule has 11 heavy (non-hydrogen) atoms. The van der Waals surface area contributed by atoms with Crippen LogP contribution in [0.25, 0.3) is 0 Å². The molecule has 0 bridgehead atoms. The molecule has 0 aromatic heterocycles. The Morgan fingerprint density at radius 2 is 2.18 bits per heavy atom. The standard InChI is InChI=1S/C9H19NS/c1-3-5-6-7-10-8-9-11-4-2/h3,5,10H,4,6-9H2,1-2H3/b5-3+. The maximum Gasteiger partial charge on any atom is 0.00580 e. The minimum atomic E-state index is 1.12. The molecule has 0 aliphatic rings. The second-order valence-corrected chi connectivity index (χ2v) is 3.70. The van der Waals surface area contributed by atoms with Crippen molar-refractivity contribution in [3.05, 3.63) is 12.2 Å². The molecule has 0 aromatic carbocycles. The van der Waals surface area contributed by atoms with E-state index >= 15 is 0 Å². The molecule has 0 atom stereocenters. The van der Waals surface area contributed by atoms with E-state index in [1.165, 1.54) is 11.5 Å². The number of allylic oxidation sites excluding steroid dienone is 1. The molecule has 0 amide bonds. The lowest BCUT2D eigenvalue weighted by Crippen LogP contribution is -2.17. The van der Waals surface area contributed by atoms with Crippen LogP contribution in [0.4, 0.5) is 0 Å². The minimum Gasteiger partial charge on any atom is -0.316 e. The second-order valence-electron chi connectivity index (χ2n) is 2.30. The van der Waals surface area contributed by atoms with Crippen LogP contribution < -0.4 is 5.32 Å². The van der Waals surface area contributed by atoms with Gasteiger partial charge in [0.05, 0.1) is 0 Å². The van der Waals surface area contributed by atoms with Gasteiger partial charge in [-0.3, -0.25) is 0 Å². The van der Waals surface area contributed by atoms with E-state index in [1.807, 2.05) is 11.8 Å². The highest BCUT2D eigenvalue weighted by Crippen LogP contribution is 1.94. The highest BCUT2D eigenvalue weighted by molar-refractivity contribution is 7.99. The van der Waals surface area contributed by atoms with Crippen molar-refractivity contribution < 1.29 is 0 Å². The van der Waals surface area contributed by atoms with Crippen molar-refractivity contribution in [1.82, 2.24) is 5.32 Å². The summed E-state index contributed by atoms with van der Waals surface area (Å²) in [5, 5.41) is 3.38. The lowest BCUT2D eigenvalue weighted by molar-refractivity contribution is 0.731. The topological polar surface area (TPSA) is 12.0 Å². The Balaban J connectivity index is 2.79. The highest BCUT2D eigenvalue weighted by atomic mass is 32.2. The molecule has 0 radical (unpaired) electrons. The summed E-state index contributed by atoms with van der Waals surface area (Å²) in [6.45, 7) is 6.53. The summed E-state index contributed by atoms with van der Waals surface area (Å²) in [5.41, 5.74) is 0. The Kier molecular flexibility index (Phi) is 10.1. The zero-order valence-corrected chi connectivity index (χ0v) is 8.41. The summed E-state index contributed by atoms with van der Waals surface area (Å²) in [4.78, 5) is 0. The Morgan fingerprint density at radius 1 is 1.36 bits per heavy atom. The second kappa shape index (κ2) is 10.0. The fourth-order valence-electron chi connectivity index (χ4n) is 0.766. The molecule has 0 aromatic rings. The van der Waals surface area contributed by atoms with E-state index in [0.29, 0.717) is 0 Å². The van der Waals surface area contributed by atoms with Gasteiger partial charge in [-0.1, -0.05) is 19.1 Å². The van der Waals surface area contributed by atoms with Gasteiger partial charge in [-0.05, 0) is 25.6 Å². The van der Waals surface area contributed by atoms with Crippen LogP contribution in [-0.2, 0) is 0 Å². The van der Waals surface area contributed by atoms with E-state index in [0.717, 1.165) is 19.5 Å². The molecule has 0 saturated carbocycles. The normalized spacial score (nSPS) is 11.1. The highest BCUT2D eigenvalue weighted by Gasteiger charge is 1.84. The van der Waals surface area contributed by atoms with Crippen molar-refractivity contribution in [1.29, 1.82) is 0 Å². The first-order valence-electron chi connectivity index (χ1n) is 4.31. The monoisotopic (exact) mass is 173 g/mol. The summed E-state index contributed by atoms with van der Waals surface area (Å²) in [6.07, 6.45) is 5.45. The minimum absolute atomic E-state index is 1.12. The van der Waals surface area contributed by atoms with Crippen molar-refractivity contribution in [2.24, 2.45) is 0 Å². The van der Waals surface area contributed by atoms with Crippen LogP contribution >= 0.6 is 11.8 Å². The number of hydrogen-bond donors (Lipinski definition) is 1. The van der Waals surface area contributed by atoms with Crippen molar-refractivity contribution in [2.45, 2.75) is 20.3 Å². The Labute approximate surface area is 74.6 Å². The first-order chi connectivity index (χ1) is 5.41. The van der Waals surface area contributed by atoms with Crippen LogP contribution in [-0.4, -0.2) is 24.6 Å². The smallest absolute Gasteiger partial charge is 0.00580 e. The number of hydrogen-bond acceptors (Lipinski definition) is 2. The largest absolute Gasteiger partial charge is 0.316 e. The zero-order chi connectivity index (χ0) is 8.36. The van der Waals surface area contributed by atoms with E-state index in [1.54, 1.807) is 0 Å². The summed E-state index contributed by atoms with van der Waals surface area (Å²) in [6, 6.07) is 0.